The van der Waals surface area contributed by atoms with Crippen molar-refractivity contribution in [1.82, 2.24) is 29.7 Å². The van der Waals surface area contributed by atoms with Crippen molar-refractivity contribution in [2.24, 2.45) is 5.92 Å². The summed E-state index contributed by atoms with van der Waals surface area (Å²) in [5.74, 6) is 1.81. The zero-order chi connectivity index (χ0) is 55.4. The van der Waals surface area contributed by atoms with Gasteiger partial charge in [0, 0.05) is 102 Å². The molecule has 0 saturated carbocycles. The van der Waals surface area contributed by atoms with Gasteiger partial charge in [0.25, 0.3) is 23.6 Å². The van der Waals surface area contributed by atoms with Gasteiger partial charge in [-0.2, -0.15) is 0 Å². The summed E-state index contributed by atoms with van der Waals surface area (Å²) in [6.45, 7) is 11.6. The van der Waals surface area contributed by atoms with E-state index in [4.69, 9.17) is 46.9 Å². The number of hydrogen-bond donors (Lipinski definition) is 6. The Morgan fingerprint density at radius 3 is 1.59 bits per heavy atom. The first kappa shape index (κ1) is 53.4. The Hall–Kier alpha value is -7.58. The molecule has 0 spiro atoms. The second-order valence-corrected chi connectivity index (χ2v) is 21.4. The zero-order valence-electron chi connectivity index (χ0n) is 44.5. The molecule has 21 heteroatoms. The van der Waals surface area contributed by atoms with Gasteiger partial charge in [0.05, 0.1) is 75.2 Å². The Morgan fingerprint density at radius 1 is 0.620 bits per heavy atom. The average Bonchev–Trinajstić information content (AvgIpc) is 4.53. The van der Waals surface area contributed by atoms with E-state index in [1.807, 2.05) is 37.3 Å². The number of aromatic hydroxyl groups is 2. The number of morpholine rings is 2. The summed E-state index contributed by atoms with van der Waals surface area (Å²) in [5.41, 5.74) is 7.72. The average molecular weight is 1120 g/mol. The zero-order valence-corrected chi connectivity index (χ0v) is 46.0. The number of rotatable bonds is 12. The van der Waals surface area contributed by atoms with Gasteiger partial charge in [0.1, 0.15) is 40.0 Å². The molecule has 4 aliphatic heterocycles. The molecule has 8 heterocycles. The highest BCUT2D eigenvalue weighted by atomic mass is 35.5. The van der Waals surface area contributed by atoms with E-state index in [0.717, 1.165) is 45.1 Å². The minimum Gasteiger partial charge on any atom is -0.506 e. The third-order valence-electron chi connectivity index (χ3n) is 15.4. The number of hydrogen-bond acceptors (Lipinski definition) is 11. The first-order valence-electron chi connectivity index (χ1n) is 26.5. The number of carbonyl (C=O) groups is 4. The van der Waals surface area contributed by atoms with Crippen molar-refractivity contribution in [1.29, 1.82) is 0 Å². The number of phenolic OH excluding ortho intramolecular Hbond substituents is 2. The van der Waals surface area contributed by atoms with Gasteiger partial charge in [-0.15, -0.1) is 23.2 Å². The molecule has 6 N–H and O–H groups in total. The van der Waals surface area contributed by atoms with E-state index in [1.54, 1.807) is 64.2 Å². The number of alkyl halides is 2. The molecule has 4 amide bonds. The first-order chi connectivity index (χ1) is 38.2. The molecule has 8 aromatic rings. The van der Waals surface area contributed by atoms with Crippen molar-refractivity contribution in [3.05, 3.63) is 100 Å². The molecule has 0 aliphatic carbocycles. The molecular formula is C58H62Cl2N8O11. The van der Waals surface area contributed by atoms with E-state index in [0.29, 0.717) is 157 Å². The van der Waals surface area contributed by atoms with E-state index in [-0.39, 0.29) is 52.8 Å². The second kappa shape index (κ2) is 21.9. The maximum atomic E-state index is 13.9. The molecule has 4 aromatic carbocycles. The molecule has 4 aliphatic rings. The number of nitrogens with zero attached hydrogens (tertiary/aromatic N) is 4. The Balaban J connectivity index is 0.000000167. The summed E-state index contributed by atoms with van der Waals surface area (Å²) >= 11 is 12.8. The summed E-state index contributed by atoms with van der Waals surface area (Å²) in [6.07, 6.45) is 0.967. The summed E-state index contributed by atoms with van der Waals surface area (Å²) in [4.78, 5) is 73.3. The van der Waals surface area contributed by atoms with Gasteiger partial charge in [-0.1, -0.05) is 13.8 Å². The molecule has 2 saturated heterocycles. The largest absolute Gasteiger partial charge is 0.506 e. The third-order valence-corrected chi connectivity index (χ3v) is 16.1. The highest BCUT2D eigenvalue weighted by Crippen LogP contribution is 2.48. The number of fused-ring (bicyclic) bond motifs is 8. The van der Waals surface area contributed by atoms with Crippen LogP contribution in [0.15, 0.2) is 60.7 Å². The van der Waals surface area contributed by atoms with Crippen LogP contribution in [0.5, 0.6) is 28.7 Å². The van der Waals surface area contributed by atoms with Gasteiger partial charge in [-0.05, 0) is 84.5 Å². The Morgan fingerprint density at radius 2 is 1.10 bits per heavy atom. The van der Waals surface area contributed by atoms with Gasteiger partial charge in [-0.3, -0.25) is 19.2 Å². The van der Waals surface area contributed by atoms with E-state index in [2.05, 4.69) is 33.8 Å². The van der Waals surface area contributed by atoms with Crippen molar-refractivity contribution in [3.8, 4) is 28.7 Å². The highest BCUT2D eigenvalue weighted by molar-refractivity contribution is 6.20. The second-order valence-electron chi connectivity index (χ2n) is 20.8. The van der Waals surface area contributed by atoms with Gasteiger partial charge in [-0.25, -0.2) is 0 Å². The maximum absolute atomic E-state index is 13.9. The van der Waals surface area contributed by atoms with Gasteiger partial charge < -0.3 is 73.4 Å². The molecule has 19 nitrogen and oxygen atoms in total. The molecule has 2 fully saturated rings. The molecule has 4 aromatic heterocycles. The standard InChI is InChI=1S/C30H33ClN4O5.C28H29ClN4O6/c1-17(2)5-8-40-20-3-4-22-18(11-20)12-23(32-22)30(38)35-16-19(15-31)27-21-13-24(29(37)34-6-9-39-10-7-34)33-28(21)26(36)14-25(27)35;1-14-8-15-9-18(30-23(15)26(38-3)25(14)37-2)28(36)33-13-16(12-29)22-17-10-19(27(35)32-4-6-39-7-5-32)31-24(17)21(34)11-20(22)33/h3-4,11-14,17,19,32-33,36H,5-10,15-16H2,1-2H3;8-11,16,30-31,34H,4-7,12-13H2,1-3H3/t19-;16-/m11/s1. The first-order valence-corrected chi connectivity index (χ1v) is 27.5. The molecule has 414 valence electrons. The Bertz CT molecular complexity index is 3680. The number of ether oxygens (including phenoxy) is 5. The number of amides is 4. The molecule has 0 bridgehead atoms. The SMILES string of the molecule is CC(C)CCOc1ccc2[nH]c(C(=O)N3C[C@@H](CCl)c4c3cc(O)c3[nH]c(C(=O)N5CCOCC5)cc43)cc2c1.COc1c(C)cc2cc(C(=O)N3C[C@@H](CCl)c4c3cc(O)c3[nH]c(C(=O)N5CCOCC5)cc43)[nH]c2c1OC. The Labute approximate surface area is 464 Å². The number of carbonyl (C=O) groups excluding carboxylic acids is 4. The maximum Gasteiger partial charge on any atom is 0.274 e. The monoisotopic (exact) mass is 1120 g/mol. The van der Waals surface area contributed by atoms with Crippen LogP contribution in [0.3, 0.4) is 0 Å². The predicted octanol–water partition coefficient (Wildman–Crippen LogP) is 9.37. The van der Waals surface area contributed by atoms with Crippen LogP contribution in [-0.4, -0.2) is 162 Å². The van der Waals surface area contributed by atoms with Crippen molar-refractivity contribution in [2.75, 3.05) is 108 Å². The van der Waals surface area contributed by atoms with Crippen LogP contribution in [-0.2, 0) is 9.47 Å². The normalized spacial score (nSPS) is 17.2. The van der Waals surface area contributed by atoms with E-state index in [9.17, 15) is 29.4 Å². The van der Waals surface area contributed by atoms with Crippen molar-refractivity contribution < 1.29 is 53.1 Å². The number of aromatic amines is 4. The number of aromatic nitrogens is 4. The summed E-state index contributed by atoms with van der Waals surface area (Å²) in [7, 11) is 3.14. The topological polar surface area (TPSA) is 231 Å². The number of methoxy groups -OCH3 is 2. The number of nitrogens with one attached hydrogen (secondary N) is 4. The van der Waals surface area contributed by atoms with Crippen LogP contribution >= 0.6 is 23.2 Å². The third kappa shape index (κ3) is 9.80. The lowest BCUT2D eigenvalue weighted by Crippen LogP contribution is -2.40. The van der Waals surface area contributed by atoms with Crippen LogP contribution in [0.2, 0.25) is 0 Å². The number of benzene rings is 4. The van der Waals surface area contributed by atoms with Crippen LogP contribution < -0.4 is 24.0 Å². The van der Waals surface area contributed by atoms with Crippen molar-refractivity contribution >= 4 is 102 Å². The smallest absolute Gasteiger partial charge is 0.274 e. The molecule has 2 atom stereocenters. The quantitative estimate of drug-likeness (QED) is 0.0631. The fraction of sp³-hybridized carbons (Fsp3) is 0.379. The van der Waals surface area contributed by atoms with Crippen LogP contribution in [0, 0.1) is 12.8 Å². The van der Waals surface area contributed by atoms with E-state index in [1.165, 1.54) is 0 Å². The minimum absolute atomic E-state index is 0.0253. The lowest BCUT2D eigenvalue weighted by molar-refractivity contribution is 0.0298. The van der Waals surface area contributed by atoms with Crippen molar-refractivity contribution in [3.63, 3.8) is 0 Å². The number of phenols is 2. The Kier molecular flexibility index (Phi) is 14.8. The van der Waals surface area contributed by atoms with Gasteiger partial charge in [0.15, 0.2) is 11.5 Å². The number of anilines is 2. The number of halogens is 2. The highest BCUT2D eigenvalue weighted by Gasteiger charge is 2.39. The number of H-pyrrole nitrogens is 4. The van der Waals surface area contributed by atoms with Crippen LogP contribution in [0.25, 0.3) is 43.6 Å². The van der Waals surface area contributed by atoms with E-state index < -0.39 is 0 Å². The van der Waals surface area contributed by atoms with Crippen molar-refractivity contribution in [2.45, 2.75) is 39.0 Å². The fourth-order valence-electron chi connectivity index (χ4n) is 11.4. The summed E-state index contributed by atoms with van der Waals surface area (Å²) in [6, 6.07) is 18.0. The number of aryl methyl sites for hydroxylation is 1. The summed E-state index contributed by atoms with van der Waals surface area (Å²) in [5, 5.41) is 25.0. The molecule has 0 radical (unpaired) electrons. The van der Waals surface area contributed by atoms with E-state index >= 15 is 0 Å². The molecule has 12 rings (SSSR count). The molecule has 0 unspecified atom stereocenters. The molecule has 79 heavy (non-hydrogen) atoms. The van der Waals surface area contributed by atoms with Gasteiger partial charge >= 0.3 is 0 Å². The predicted molar refractivity (Wildman–Crippen MR) is 303 cm³/mol. The van der Waals surface area contributed by atoms with Gasteiger partial charge in [0.2, 0.25) is 0 Å². The summed E-state index contributed by atoms with van der Waals surface area (Å²) < 4.78 is 27.7. The molecular weight excluding hydrogens is 1060 g/mol. The van der Waals surface area contributed by atoms with Crippen LogP contribution in [0.4, 0.5) is 11.4 Å². The minimum atomic E-state index is -0.266. The lowest BCUT2D eigenvalue weighted by Gasteiger charge is -2.26. The van der Waals surface area contributed by atoms with Crippen LogP contribution in [0.1, 0.15) is 90.7 Å². The fourth-order valence-corrected chi connectivity index (χ4v) is 11.9. The lowest BCUT2D eigenvalue weighted by atomic mass is 9.98.